The summed E-state index contributed by atoms with van der Waals surface area (Å²) in [5.74, 6) is 5.77. The van der Waals surface area contributed by atoms with Gasteiger partial charge in [0.25, 0.3) is 5.91 Å². The number of methoxy groups -OCH3 is 1. The highest BCUT2D eigenvalue weighted by atomic mass is 32.2. The number of hydrogen-bond donors (Lipinski definition) is 1. The Kier molecular flexibility index (Phi) is 5.16. The first-order valence-corrected chi connectivity index (χ1v) is 9.59. The maximum absolute atomic E-state index is 11.9. The topological polar surface area (TPSA) is 81.4 Å². The Morgan fingerprint density at radius 3 is 2.83 bits per heavy atom. The maximum atomic E-state index is 11.9. The van der Waals surface area contributed by atoms with Gasteiger partial charge in [-0.2, -0.15) is 0 Å². The summed E-state index contributed by atoms with van der Waals surface area (Å²) in [5.41, 5.74) is 2.03. The SMILES string of the molecule is COC(=O)c1ccccc1C#Cc1cncc2cc(C=C3SC(=S)NC3=O)oc12. The Hall–Kier alpha value is -3.41. The zero-order valence-electron chi connectivity index (χ0n) is 15.0. The summed E-state index contributed by atoms with van der Waals surface area (Å²) in [4.78, 5) is 28.4. The van der Waals surface area contributed by atoms with Gasteiger partial charge in [-0.15, -0.1) is 0 Å². The Morgan fingerprint density at radius 2 is 2.07 bits per heavy atom. The minimum atomic E-state index is -0.455. The number of nitrogens with zero attached hydrogens (tertiary/aromatic N) is 1. The number of esters is 1. The number of benzene rings is 1. The third-order valence-corrected chi connectivity index (χ3v) is 5.18. The predicted octanol–water partition coefficient (Wildman–Crippen LogP) is 3.50. The first-order valence-electron chi connectivity index (χ1n) is 8.37. The van der Waals surface area contributed by atoms with Crippen LogP contribution in [0.1, 0.15) is 27.2 Å². The molecule has 29 heavy (non-hydrogen) atoms. The maximum Gasteiger partial charge on any atom is 0.339 e. The van der Waals surface area contributed by atoms with E-state index in [1.807, 2.05) is 0 Å². The highest BCUT2D eigenvalue weighted by Crippen LogP contribution is 2.29. The second-order valence-corrected chi connectivity index (χ2v) is 7.61. The molecule has 0 spiro atoms. The number of fused-ring (bicyclic) bond motifs is 1. The van der Waals surface area contributed by atoms with E-state index >= 15 is 0 Å². The van der Waals surface area contributed by atoms with E-state index in [4.69, 9.17) is 21.4 Å². The number of amides is 1. The molecule has 1 aliphatic rings. The molecule has 1 fully saturated rings. The van der Waals surface area contributed by atoms with Gasteiger partial charge in [0.2, 0.25) is 0 Å². The first kappa shape index (κ1) is 18.9. The van der Waals surface area contributed by atoms with Gasteiger partial charge in [0.15, 0.2) is 5.58 Å². The number of aromatic nitrogens is 1. The third kappa shape index (κ3) is 3.92. The number of ether oxygens (including phenoxy) is 1. The fourth-order valence-corrected chi connectivity index (χ4v) is 3.73. The number of carbonyl (C=O) groups is 2. The second kappa shape index (κ2) is 7.91. The molecule has 0 unspecified atom stereocenters. The van der Waals surface area contributed by atoms with Gasteiger partial charge in [0.1, 0.15) is 10.1 Å². The van der Waals surface area contributed by atoms with Gasteiger partial charge < -0.3 is 14.5 Å². The molecule has 142 valence electrons. The lowest BCUT2D eigenvalue weighted by atomic mass is 10.1. The number of rotatable bonds is 2. The molecule has 0 bridgehead atoms. The predicted molar refractivity (Wildman–Crippen MR) is 114 cm³/mol. The second-order valence-electron chi connectivity index (χ2n) is 5.89. The number of thiocarbonyl (C=S) groups is 1. The standard InChI is InChI=1S/C21H12N2O4S2/c1-26-20(25)16-5-3-2-4-12(16)6-7-13-10-22-11-14-8-15(27-18(13)14)9-17-19(24)23-21(28)29-17/h2-5,8-11H,1H3,(H,23,24,28). The molecule has 0 atom stereocenters. The highest BCUT2D eigenvalue weighted by molar-refractivity contribution is 8.26. The number of pyridine rings is 1. The van der Waals surface area contributed by atoms with Crippen LogP contribution in [0.3, 0.4) is 0 Å². The van der Waals surface area contributed by atoms with Crippen molar-refractivity contribution in [3.8, 4) is 11.8 Å². The third-order valence-electron chi connectivity index (χ3n) is 4.02. The van der Waals surface area contributed by atoms with E-state index in [-0.39, 0.29) is 5.91 Å². The summed E-state index contributed by atoms with van der Waals surface area (Å²) in [5, 5.41) is 3.31. The number of carbonyl (C=O) groups excluding carboxylic acids is 2. The quantitative estimate of drug-likeness (QED) is 0.294. The highest BCUT2D eigenvalue weighted by Gasteiger charge is 2.22. The van der Waals surface area contributed by atoms with E-state index in [1.165, 1.54) is 18.9 Å². The van der Waals surface area contributed by atoms with Crippen molar-refractivity contribution in [1.82, 2.24) is 10.3 Å². The van der Waals surface area contributed by atoms with E-state index < -0.39 is 5.97 Å². The summed E-state index contributed by atoms with van der Waals surface area (Å²) >= 11 is 6.17. The van der Waals surface area contributed by atoms with Crippen molar-refractivity contribution in [2.75, 3.05) is 7.11 Å². The van der Waals surface area contributed by atoms with Gasteiger partial charge in [-0.1, -0.05) is 48.0 Å². The van der Waals surface area contributed by atoms with Gasteiger partial charge in [0.05, 0.1) is 23.1 Å². The minimum absolute atomic E-state index is 0.252. The van der Waals surface area contributed by atoms with Crippen molar-refractivity contribution < 1.29 is 18.7 Å². The molecule has 1 aromatic carbocycles. The monoisotopic (exact) mass is 420 g/mol. The molecule has 1 saturated heterocycles. The lowest BCUT2D eigenvalue weighted by Crippen LogP contribution is -2.17. The van der Waals surface area contributed by atoms with Crippen molar-refractivity contribution in [3.05, 3.63) is 70.1 Å². The molecule has 0 aliphatic carbocycles. The summed E-state index contributed by atoms with van der Waals surface area (Å²) in [6.07, 6.45) is 4.87. The van der Waals surface area contributed by atoms with Crippen molar-refractivity contribution in [2.24, 2.45) is 0 Å². The number of hydrogen-bond acceptors (Lipinski definition) is 7. The van der Waals surface area contributed by atoms with Gasteiger partial charge >= 0.3 is 5.97 Å². The van der Waals surface area contributed by atoms with Crippen LogP contribution in [0.4, 0.5) is 0 Å². The molecular formula is C21H12N2O4S2. The molecule has 0 radical (unpaired) electrons. The van der Waals surface area contributed by atoms with Gasteiger partial charge in [-0.25, -0.2) is 4.79 Å². The Labute approximate surface area is 175 Å². The van der Waals surface area contributed by atoms with Crippen molar-refractivity contribution in [1.29, 1.82) is 0 Å². The van der Waals surface area contributed by atoms with E-state index in [0.717, 1.165) is 5.39 Å². The molecule has 3 heterocycles. The molecule has 1 aliphatic heterocycles. The van der Waals surface area contributed by atoms with Crippen LogP contribution in [0.5, 0.6) is 0 Å². The molecule has 3 aromatic rings. The fourth-order valence-electron chi connectivity index (χ4n) is 2.71. The van der Waals surface area contributed by atoms with E-state index in [2.05, 4.69) is 22.1 Å². The minimum Gasteiger partial charge on any atom is -0.465 e. The van der Waals surface area contributed by atoms with Crippen LogP contribution in [0, 0.1) is 11.8 Å². The average Bonchev–Trinajstić information content (AvgIpc) is 3.28. The molecule has 4 rings (SSSR count). The lowest BCUT2D eigenvalue weighted by Gasteiger charge is -2.01. The van der Waals surface area contributed by atoms with Crippen molar-refractivity contribution in [2.45, 2.75) is 0 Å². The van der Waals surface area contributed by atoms with Gasteiger partial charge in [0, 0.05) is 29.4 Å². The summed E-state index contributed by atoms with van der Waals surface area (Å²) in [6.45, 7) is 0. The number of thioether (sulfide) groups is 1. The van der Waals surface area contributed by atoms with Crippen LogP contribution in [-0.4, -0.2) is 28.3 Å². The fraction of sp³-hybridized carbons (Fsp3) is 0.0476. The zero-order valence-corrected chi connectivity index (χ0v) is 16.6. The van der Waals surface area contributed by atoms with Crippen LogP contribution in [-0.2, 0) is 9.53 Å². The van der Waals surface area contributed by atoms with Crippen LogP contribution in [0.2, 0.25) is 0 Å². The molecule has 1 amide bonds. The molecule has 2 aromatic heterocycles. The smallest absolute Gasteiger partial charge is 0.339 e. The van der Waals surface area contributed by atoms with Crippen molar-refractivity contribution >= 4 is 57.2 Å². The Balaban J connectivity index is 1.73. The summed E-state index contributed by atoms with van der Waals surface area (Å²) in [6, 6.07) is 8.71. The van der Waals surface area contributed by atoms with Crippen LogP contribution >= 0.6 is 24.0 Å². The van der Waals surface area contributed by atoms with Crippen molar-refractivity contribution in [3.63, 3.8) is 0 Å². The molecule has 0 saturated carbocycles. The van der Waals surface area contributed by atoms with E-state index in [9.17, 15) is 9.59 Å². The largest absolute Gasteiger partial charge is 0.465 e. The number of nitrogens with one attached hydrogen (secondary N) is 1. The van der Waals surface area contributed by atoms with E-state index in [1.54, 1.807) is 48.8 Å². The molecular weight excluding hydrogens is 408 g/mol. The summed E-state index contributed by atoms with van der Waals surface area (Å²) in [7, 11) is 1.33. The van der Waals surface area contributed by atoms with E-state index in [0.29, 0.717) is 37.3 Å². The molecule has 6 nitrogen and oxygen atoms in total. The molecule has 1 N–H and O–H groups in total. The van der Waals surface area contributed by atoms with Crippen LogP contribution < -0.4 is 5.32 Å². The number of furan rings is 1. The zero-order chi connectivity index (χ0) is 20.4. The van der Waals surface area contributed by atoms with Gasteiger partial charge in [-0.05, 0) is 18.2 Å². The Bertz CT molecular complexity index is 1260. The summed E-state index contributed by atoms with van der Waals surface area (Å²) < 4.78 is 11.1. The molecule has 8 heteroatoms. The Morgan fingerprint density at radius 1 is 1.28 bits per heavy atom. The average molecular weight is 420 g/mol. The first-order chi connectivity index (χ1) is 14.0. The lowest BCUT2D eigenvalue weighted by molar-refractivity contribution is -0.115. The van der Waals surface area contributed by atoms with Crippen LogP contribution in [0.15, 0.2) is 52.0 Å². The van der Waals surface area contributed by atoms with Crippen LogP contribution in [0.25, 0.3) is 17.0 Å². The normalized spacial score (nSPS) is 14.6. The van der Waals surface area contributed by atoms with Gasteiger partial charge in [-0.3, -0.25) is 9.78 Å².